The van der Waals surface area contributed by atoms with E-state index in [1.807, 2.05) is 67.5 Å². The Labute approximate surface area is 161 Å². The van der Waals surface area contributed by atoms with Gasteiger partial charge in [0.2, 0.25) is 5.91 Å². The molecule has 0 saturated heterocycles. The maximum absolute atomic E-state index is 12.5. The van der Waals surface area contributed by atoms with Crippen molar-refractivity contribution in [1.29, 1.82) is 0 Å². The van der Waals surface area contributed by atoms with Gasteiger partial charge in [-0.15, -0.1) is 11.3 Å². The average molecular weight is 382 g/mol. The summed E-state index contributed by atoms with van der Waals surface area (Å²) in [6.07, 6.45) is 0.998. The molecule has 0 atom stereocenters. The maximum Gasteiger partial charge on any atom is 0.255 e. The minimum atomic E-state index is -0.180. The first-order valence-corrected chi connectivity index (χ1v) is 9.38. The molecule has 0 aliphatic heterocycles. The van der Waals surface area contributed by atoms with Crippen LogP contribution in [0, 0.1) is 0 Å². The van der Waals surface area contributed by atoms with Crippen LogP contribution in [0.5, 0.6) is 0 Å². The lowest BCUT2D eigenvalue weighted by Gasteiger charge is -2.12. The summed E-state index contributed by atoms with van der Waals surface area (Å²) in [6.45, 7) is 0. The largest absolute Gasteiger partial charge is 0.378 e. The highest BCUT2D eigenvalue weighted by atomic mass is 32.1. The molecule has 2 aromatic carbocycles. The molecule has 140 valence electrons. The fourth-order valence-electron chi connectivity index (χ4n) is 2.72. The molecule has 0 spiro atoms. The molecule has 3 aromatic rings. The lowest BCUT2D eigenvalue weighted by Crippen LogP contribution is -2.29. The van der Waals surface area contributed by atoms with E-state index in [1.54, 1.807) is 11.3 Å². The van der Waals surface area contributed by atoms with Crippen molar-refractivity contribution in [3.8, 4) is 0 Å². The Morgan fingerprint density at radius 3 is 2.48 bits per heavy atom. The molecule has 0 bridgehead atoms. The number of amides is 2. The zero-order valence-corrected chi connectivity index (χ0v) is 16.1. The van der Waals surface area contributed by atoms with Gasteiger partial charge in [0.1, 0.15) is 0 Å². The van der Waals surface area contributed by atoms with Gasteiger partial charge in [0.25, 0.3) is 5.91 Å². The minimum Gasteiger partial charge on any atom is -0.378 e. The van der Waals surface area contributed by atoms with E-state index in [0.717, 1.165) is 26.3 Å². The molecule has 27 heavy (non-hydrogen) atoms. The van der Waals surface area contributed by atoms with Gasteiger partial charge in [0.05, 0.1) is 0 Å². The van der Waals surface area contributed by atoms with E-state index in [2.05, 4.69) is 10.7 Å². The molecular formula is C20H22N4O2S. The number of rotatable bonds is 6. The average Bonchev–Trinajstić information content (AvgIpc) is 3.08. The first-order chi connectivity index (χ1) is 13.0. The summed E-state index contributed by atoms with van der Waals surface area (Å²) in [4.78, 5) is 26.9. The number of nitrogens with zero attached hydrogens (tertiary/aromatic N) is 1. The summed E-state index contributed by atoms with van der Waals surface area (Å²) in [5.41, 5.74) is 4.54. The number of nitrogens with one attached hydrogen (secondary N) is 2. The van der Waals surface area contributed by atoms with Gasteiger partial charge in [-0.05, 0) is 60.3 Å². The van der Waals surface area contributed by atoms with E-state index >= 15 is 0 Å². The molecule has 0 unspecified atom stereocenters. The lowest BCUT2D eigenvalue weighted by molar-refractivity contribution is -0.121. The van der Waals surface area contributed by atoms with Crippen molar-refractivity contribution in [2.45, 2.75) is 12.8 Å². The number of thiophene rings is 1. The van der Waals surface area contributed by atoms with Crippen LogP contribution in [0.15, 0.2) is 48.5 Å². The standard InChI is InChI=1S/C20H22N4O2S/c1-24(2)16-6-3-13(4-7-16)20(26)22-15-5-9-18-14(11-15)12-17(27-18)8-10-19(25)23-21/h3-7,9,11-12H,8,10,21H2,1-2H3,(H,22,26)(H,23,25). The van der Waals surface area contributed by atoms with Crippen LogP contribution >= 0.6 is 11.3 Å². The number of carbonyl (C=O) groups excluding carboxylic acids is 2. The second-order valence-corrected chi connectivity index (χ2v) is 7.60. The van der Waals surface area contributed by atoms with Crippen molar-refractivity contribution in [1.82, 2.24) is 5.43 Å². The number of aryl methyl sites for hydroxylation is 1. The van der Waals surface area contributed by atoms with E-state index < -0.39 is 0 Å². The monoisotopic (exact) mass is 382 g/mol. The first kappa shape index (κ1) is 18.9. The second kappa shape index (κ2) is 8.20. The van der Waals surface area contributed by atoms with Crippen LogP contribution in [0.4, 0.5) is 11.4 Å². The summed E-state index contributed by atoms with van der Waals surface area (Å²) in [5.74, 6) is 4.79. The third-order valence-corrected chi connectivity index (χ3v) is 5.41. The number of benzene rings is 2. The Balaban J connectivity index is 1.71. The number of nitrogens with two attached hydrogens (primary N) is 1. The van der Waals surface area contributed by atoms with Crippen LogP contribution < -0.4 is 21.5 Å². The number of hydrogen-bond acceptors (Lipinski definition) is 5. The molecular weight excluding hydrogens is 360 g/mol. The molecule has 1 aromatic heterocycles. The topological polar surface area (TPSA) is 87.5 Å². The fraction of sp³-hybridized carbons (Fsp3) is 0.200. The molecule has 2 amide bonds. The van der Waals surface area contributed by atoms with Crippen LogP contribution in [-0.2, 0) is 11.2 Å². The zero-order valence-electron chi connectivity index (χ0n) is 15.3. The van der Waals surface area contributed by atoms with Crippen LogP contribution in [-0.4, -0.2) is 25.9 Å². The predicted octanol–water partition coefficient (Wildman–Crippen LogP) is 3.14. The zero-order chi connectivity index (χ0) is 19.4. The van der Waals surface area contributed by atoms with Crippen LogP contribution in [0.3, 0.4) is 0 Å². The summed E-state index contributed by atoms with van der Waals surface area (Å²) < 4.78 is 1.12. The molecule has 6 nitrogen and oxygen atoms in total. The summed E-state index contributed by atoms with van der Waals surface area (Å²) >= 11 is 1.64. The van der Waals surface area contributed by atoms with Crippen molar-refractivity contribution >= 4 is 44.6 Å². The Morgan fingerprint density at radius 1 is 1.07 bits per heavy atom. The molecule has 1 heterocycles. The number of hydrogen-bond donors (Lipinski definition) is 3. The number of anilines is 2. The molecule has 0 radical (unpaired) electrons. The van der Waals surface area contributed by atoms with Crippen LogP contribution in [0.25, 0.3) is 10.1 Å². The highest BCUT2D eigenvalue weighted by Gasteiger charge is 2.09. The highest BCUT2D eigenvalue weighted by Crippen LogP contribution is 2.29. The third-order valence-electron chi connectivity index (χ3n) is 4.23. The van der Waals surface area contributed by atoms with Gasteiger partial charge in [-0.3, -0.25) is 15.0 Å². The number of hydrazine groups is 1. The summed E-state index contributed by atoms with van der Waals surface area (Å²) in [5, 5.41) is 3.98. The molecule has 0 saturated carbocycles. The van der Waals surface area contributed by atoms with Gasteiger partial charge in [0.15, 0.2) is 0 Å². The second-order valence-electron chi connectivity index (χ2n) is 6.43. The molecule has 3 rings (SSSR count). The van der Waals surface area contributed by atoms with Crippen LogP contribution in [0.1, 0.15) is 21.7 Å². The Kier molecular flexibility index (Phi) is 5.73. The molecule has 0 fully saturated rings. The van der Waals surface area contributed by atoms with E-state index in [-0.39, 0.29) is 11.8 Å². The highest BCUT2D eigenvalue weighted by molar-refractivity contribution is 7.19. The van der Waals surface area contributed by atoms with Gasteiger partial charge < -0.3 is 10.2 Å². The summed E-state index contributed by atoms with van der Waals surface area (Å²) in [6, 6.07) is 15.3. The number of fused-ring (bicyclic) bond motifs is 1. The normalized spacial score (nSPS) is 10.6. The van der Waals surface area contributed by atoms with Crippen molar-refractivity contribution in [2.24, 2.45) is 5.84 Å². The third kappa shape index (κ3) is 4.64. The van der Waals surface area contributed by atoms with E-state index in [9.17, 15) is 9.59 Å². The maximum atomic E-state index is 12.5. The molecule has 7 heteroatoms. The van der Waals surface area contributed by atoms with Gasteiger partial charge >= 0.3 is 0 Å². The van der Waals surface area contributed by atoms with E-state index in [1.165, 1.54) is 0 Å². The Hall–Kier alpha value is -2.90. The van der Waals surface area contributed by atoms with Gasteiger partial charge in [0, 0.05) is 47.0 Å². The predicted molar refractivity (Wildman–Crippen MR) is 111 cm³/mol. The molecule has 4 N–H and O–H groups in total. The van der Waals surface area contributed by atoms with Crippen molar-refractivity contribution in [2.75, 3.05) is 24.3 Å². The Morgan fingerprint density at radius 2 is 1.81 bits per heavy atom. The SMILES string of the molecule is CN(C)c1ccc(C(=O)Nc2ccc3sc(CCC(=O)NN)cc3c2)cc1. The molecule has 0 aliphatic rings. The minimum absolute atomic E-state index is 0.144. The molecule has 0 aliphatic carbocycles. The summed E-state index contributed by atoms with van der Waals surface area (Å²) in [7, 11) is 3.92. The van der Waals surface area contributed by atoms with Gasteiger partial charge in [-0.25, -0.2) is 5.84 Å². The van der Waals surface area contributed by atoms with Gasteiger partial charge in [-0.2, -0.15) is 0 Å². The lowest BCUT2D eigenvalue weighted by atomic mass is 10.1. The smallest absolute Gasteiger partial charge is 0.255 e. The fourth-order valence-corrected chi connectivity index (χ4v) is 3.77. The van der Waals surface area contributed by atoms with Crippen molar-refractivity contribution in [3.63, 3.8) is 0 Å². The first-order valence-electron chi connectivity index (χ1n) is 8.57. The van der Waals surface area contributed by atoms with Crippen molar-refractivity contribution < 1.29 is 9.59 Å². The van der Waals surface area contributed by atoms with Gasteiger partial charge in [-0.1, -0.05) is 0 Å². The quantitative estimate of drug-likeness (QED) is 0.347. The van der Waals surface area contributed by atoms with Crippen LogP contribution in [0.2, 0.25) is 0 Å². The van der Waals surface area contributed by atoms with Crippen molar-refractivity contribution in [3.05, 3.63) is 59.0 Å². The Bertz CT molecular complexity index is 964. The van der Waals surface area contributed by atoms with E-state index in [0.29, 0.717) is 18.4 Å². The van der Waals surface area contributed by atoms with E-state index in [4.69, 9.17) is 5.84 Å². The number of carbonyl (C=O) groups is 2.